The van der Waals surface area contributed by atoms with E-state index < -0.39 is 0 Å². The summed E-state index contributed by atoms with van der Waals surface area (Å²) in [4.78, 5) is 7.23. The molecule has 0 N–H and O–H groups in total. The molecule has 4 heteroatoms. The van der Waals surface area contributed by atoms with Crippen LogP contribution in [0.4, 0.5) is 5.82 Å². The summed E-state index contributed by atoms with van der Waals surface area (Å²) in [6.45, 7) is 2.37. The Kier molecular flexibility index (Phi) is 4.01. The van der Waals surface area contributed by atoms with Gasteiger partial charge in [0.05, 0.1) is 5.69 Å². The lowest BCUT2D eigenvalue weighted by Gasteiger charge is -2.34. The molecular formula is C16H22BrN3. The Morgan fingerprint density at radius 3 is 2.75 bits per heavy atom. The van der Waals surface area contributed by atoms with Crippen LogP contribution in [-0.4, -0.2) is 22.5 Å². The largest absolute Gasteiger partial charge is 0.355 e. The van der Waals surface area contributed by atoms with Gasteiger partial charge in [-0.1, -0.05) is 28.9 Å². The maximum atomic E-state index is 4.84. The second-order valence-corrected chi connectivity index (χ2v) is 6.53. The van der Waals surface area contributed by atoms with Crippen molar-refractivity contribution in [3.63, 3.8) is 0 Å². The number of hydrogen-bond acceptors (Lipinski definition) is 2. The summed E-state index contributed by atoms with van der Waals surface area (Å²) >= 11 is 3.62. The molecule has 0 radical (unpaired) electrons. The lowest BCUT2D eigenvalue weighted by atomic mass is 9.87. The topological polar surface area (TPSA) is 20.5 Å². The molecular weight excluding hydrogens is 314 g/mol. The Morgan fingerprint density at radius 1 is 1.30 bits per heavy atom. The first-order valence-corrected chi connectivity index (χ1v) is 8.57. The van der Waals surface area contributed by atoms with Gasteiger partial charge < -0.3 is 9.30 Å². The number of fused-ring (bicyclic) bond motifs is 1. The number of pyridine rings is 1. The predicted molar refractivity (Wildman–Crippen MR) is 87.6 cm³/mol. The molecule has 3 nitrogen and oxygen atoms in total. The third-order valence-corrected chi connectivity index (χ3v) is 5.13. The SMILES string of the molecule is CC1CCC(N(C)c2nc3ccccn3c2CBr)CC1. The van der Waals surface area contributed by atoms with E-state index in [4.69, 9.17) is 4.98 Å². The smallest absolute Gasteiger partial charge is 0.152 e. The minimum atomic E-state index is 0.633. The maximum absolute atomic E-state index is 4.84. The highest BCUT2D eigenvalue weighted by atomic mass is 79.9. The third kappa shape index (κ3) is 2.46. The van der Waals surface area contributed by atoms with Gasteiger partial charge in [0, 0.05) is 24.6 Å². The van der Waals surface area contributed by atoms with Crippen LogP contribution in [0.5, 0.6) is 0 Å². The molecule has 0 aromatic carbocycles. The molecule has 0 atom stereocenters. The number of imidazole rings is 1. The summed E-state index contributed by atoms with van der Waals surface area (Å²) in [5, 5.41) is 0.834. The zero-order valence-electron chi connectivity index (χ0n) is 12.2. The number of rotatable bonds is 3. The summed E-state index contributed by atoms with van der Waals surface area (Å²) in [5.41, 5.74) is 2.29. The van der Waals surface area contributed by atoms with Gasteiger partial charge in [-0.05, 0) is 43.7 Å². The summed E-state index contributed by atoms with van der Waals surface area (Å²) in [6.07, 6.45) is 7.35. The molecule has 20 heavy (non-hydrogen) atoms. The number of alkyl halides is 1. The average molecular weight is 336 g/mol. The van der Waals surface area contributed by atoms with Gasteiger partial charge in [-0.15, -0.1) is 0 Å². The first kappa shape index (κ1) is 13.9. The van der Waals surface area contributed by atoms with Crippen molar-refractivity contribution in [2.45, 2.75) is 44.0 Å². The summed E-state index contributed by atoms with van der Waals surface area (Å²) in [6, 6.07) is 6.82. The van der Waals surface area contributed by atoms with E-state index in [9.17, 15) is 0 Å². The standard InChI is InChI=1S/C16H22BrN3/c1-12-6-8-13(9-7-12)19(2)16-14(11-17)20-10-4-3-5-15(20)18-16/h3-5,10,12-13H,6-9,11H2,1-2H3. The Labute approximate surface area is 129 Å². The van der Waals surface area contributed by atoms with Gasteiger partial charge in [-0.25, -0.2) is 4.98 Å². The highest BCUT2D eigenvalue weighted by molar-refractivity contribution is 9.08. The van der Waals surface area contributed by atoms with Crippen molar-refractivity contribution in [2.24, 2.45) is 5.92 Å². The maximum Gasteiger partial charge on any atom is 0.152 e. The highest BCUT2D eigenvalue weighted by Crippen LogP contribution is 2.31. The van der Waals surface area contributed by atoms with Crippen LogP contribution in [0.1, 0.15) is 38.3 Å². The number of nitrogens with zero attached hydrogens (tertiary/aromatic N) is 3. The van der Waals surface area contributed by atoms with Crippen molar-refractivity contribution in [1.82, 2.24) is 9.38 Å². The van der Waals surface area contributed by atoms with Crippen molar-refractivity contribution in [3.05, 3.63) is 30.1 Å². The number of halogens is 1. The average Bonchev–Trinajstić information content (AvgIpc) is 2.85. The molecule has 0 unspecified atom stereocenters. The molecule has 3 rings (SSSR count). The van der Waals surface area contributed by atoms with Crippen LogP contribution >= 0.6 is 15.9 Å². The molecule has 108 valence electrons. The zero-order chi connectivity index (χ0) is 14.1. The van der Waals surface area contributed by atoms with Crippen LogP contribution in [0.25, 0.3) is 5.65 Å². The first-order valence-electron chi connectivity index (χ1n) is 7.45. The van der Waals surface area contributed by atoms with Crippen LogP contribution in [-0.2, 0) is 5.33 Å². The van der Waals surface area contributed by atoms with Gasteiger partial charge in [0.1, 0.15) is 5.65 Å². The van der Waals surface area contributed by atoms with Crippen LogP contribution < -0.4 is 4.90 Å². The Hall–Kier alpha value is -1.03. The van der Waals surface area contributed by atoms with Crippen molar-refractivity contribution in [3.8, 4) is 0 Å². The molecule has 0 spiro atoms. The summed E-state index contributed by atoms with van der Waals surface area (Å²) in [7, 11) is 2.20. The van der Waals surface area contributed by atoms with Gasteiger partial charge in [0.2, 0.25) is 0 Å². The molecule has 1 saturated carbocycles. The fourth-order valence-corrected chi connectivity index (χ4v) is 3.76. The molecule has 2 heterocycles. The van der Waals surface area contributed by atoms with E-state index in [0.717, 1.165) is 22.7 Å². The van der Waals surface area contributed by atoms with Gasteiger partial charge in [0.15, 0.2) is 5.82 Å². The first-order chi connectivity index (χ1) is 9.70. The molecule has 1 aliphatic carbocycles. The van der Waals surface area contributed by atoms with Crippen LogP contribution in [0, 0.1) is 5.92 Å². The Morgan fingerprint density at radius 2 is 2.05 bits per heavy atom. The van der Waals surface area contributed by atoms with E-state index in [-0.39, 0.29) is 0 Å². The van der Waals surface area contributed by atoms with Crippen LogP contribution in [0.3, 0.4) is 0 Å². The van der Waals surface area contributed by atoms with E-state index in [0.29, 0.717) is 6.04 Å². The minimum Gasteiger partial charge on any atom is -0.355 e. The predicted octanol–water partition coefficient (Wildman–Crippen LogP) is 4.24. The second-order valence-electron chi connectivity index (χ2n) is 5.97. The molecule has 0 amide bonds. The third-order valence-electron chi connectivity index (χ3n) is 4.60. The molecule has 2 aromatic heterocycles. The number of hydrogen-bond donors (Lipinski definition) is 0. The van der Waals surface area contributed by atoms with E-state index in [1.807, 2.05) is 6.07 Å². The van der Waals surface area contributed by atoms with E-state index >= 15 is 0 Å². The zero-order valence-corrected chi connectivity index (χ0v) is 13.8. The second kappa shape index (κ2) is 5.76. The normalized spacial score (nSPS) is 23.1. The highest BCUT2D eigenvalue weighted by Gasteiger charge is 2.25. The molecule has 0 aliphatic heterocycles. The lowest BCUT2D eigenvalue weighted by Crippen LogP contribution is -2.35. The quantitative estimate of drug-likeness (QED) is 0.782. The molecule has 0 bridgehead atoms. The minimum absolute atomic E-state index is 0.633. The summed E-state index contributed by atoms with van der Waals surface area (Å²) < 4.78 is 2.19. The Balaban J connectivity index is 1.92. The van der Waals surface area contributed by atoms with Crippen LogP contribution in [0.15, 0.2) is 24.4 Å². The van der Waals surface area contributed by atoms with Crippen molar-refractivity contribution < 1.29 is 0 Å². The van der Waals surface area contributed by atoms with Gasteiger partial charge in [-0.2, -0.15) is 0 Å². The molecule has 1 aliphatic rings. The van der Waals surface area contributed by atoms with Crippen molar-refractivity contribution >= 4 is 27.4 Å². The van der Waals surface area contributed by atoms with E-state index in [2.05, 4.69) is 57.5 Å². The van der Waals surface area contributed by atoms with Gasteiger partial charge in [0.25, 0.3) is 0 Å². The lowest BCUT2D eigenvalue weighted by molar-refractivity contribution is 0.340. The van der Waals surface area contributed by atoms with Gasteiger partial charge >= 0.3 is 0 Å². The van der Waals surface area contributed by atoms with Crippen molar-refractivity contribution in [2.75, 3.05) is 11.9 Å². The fraction of sp³-hybridized carbons (Fsp3) is 0.562. The van der Waals surface area contributed by atoms with Crippen molar-refractivity contribution in [1.29, 1.82) is 0 Å². The van der Waals surface area contributed by atoms with Gasteiger partial charge in [-0.3, -0.25) is 0 Å². The monoisotopic (exact) mass is 335 g/mol. The summed E-state index contributed by atoms with van der Waals surface area (Å²) in [5.74, 6) is 2.02. The number of anilines is 1. The van der Waals surface area contributed by atoms with E-state index in [1.54, 1.807) is 0 Å². The van der Waals surface area contributed by atoms with E-state index in [1.165, 1.54) is 31.4 Å². The molecule has 0 saturated heterocycles. The Bertz CT molecular complexity index is 584. The molecule has 1 fully saturated rings. The van der Waals surface area contributed by atoms with Crippen LogP contribution in [0.2, 0.25) is 0 Å². The fourth-order valence-electron chi connectivity index (χ4n) is 3.24. The number of aromatic nitrogens is 2. The molecule has 2 aromatic rings.